The number of nitrogens with two attached hydrogens (primary N) is 1. The van der Waals surface area contributed by atoms with Crippen LogP contribution in [0, 0.1) is 0 Å². The van der Waals surface area contributed by atoms with Gasteiger partial charge < -0.3 is 5.73 Å². The van der Waals surface area contributed by atoms with E-state index in [0.29, 0.717) is 17.5 Å². The molecular weight excluding hydrogens is 168 g/mol. The van der Waals surface area contributed by atoms with E-state index in [0.717, 1.165) is 11.1 Å². The molecule has 2 N–H and O–H groups in total. The first-order chi connectivity index (χ1) is 6.36. The molecular formula is C7H4N6. The number of anilines is 1. The van der Waals surface area contributed by atoms with Gasteiger partial charge in [0.25, 0.3) is 0 Å². The number of nitrogen functional groups attached to an aromatic ring is 1. The van der Waals surface area contributed by atoms with Crippen molar-refractivity contribution in [3.8, 4) is 0 Å². The summed E-state index contributed by atoms with van der Waals surface area (Å²) in [6, 6.07) is 0. The van der Waals surface area contributed by atoms with Crippen molar-refractivity contribution < 1.29 is 0 Å². The number of hydrogen-bond donors (Lipinski definition) is 1. The Hall–Kier alpha value is -2.11. The van der Waals surface area contributed by atoms with E-state index in [1.807, 2.05) is 0 Å². The van der Waals surface area contributed by atoms with E-state index in [4.69, 9.17) is 5.73 Å². The van der Waals surface area contributed by atoms with Crippen molar-refractivity contribution >= 4 is 23.0 Å². The summed E-state index contributed by atoms with van der Waals surface area (Å²) < 4.78 is 0. The normalized spacial score (nSPS) is 16.6. The third-order valence-electron chi connectivity index (χ3n) is 1.92. The van der Waals surface area contributed by atoms with Crippen molar-refractivity contribution in [3.63, 3.8) is 0 Å². The number of nitrogens with zero attached hydrogens (tertiary/aromatic N) is 5. The largest absolute Gasteiger partial charge is 0.383 e. The third kappa shape index (κ3) is 0.689. The molecule has 0 bridgehead atoms. The zero-order valence-corrected chi connectivity index (χ0v) is 6.47. The Morgan fingerprint density at radius 1 is 1.23 bits per heavy atom. The molecule has 1 aromatic rings. The standard InChI is InChI=1S/C7H4N6/c8-5-4-3-1-11-13-6(3)12-7(4)10-2-9-5/h1-2H,(H2,8,9,10,12,13). The maximum Gasteiger partial charge on any atom is 0.186 e. The van der Waals surface area contributed by atoms with Crippen molar-refractivity contribution in [2.45, 2.75) is 0 Å². The molecule has 0 spiro atoms. The summed E-state index contributed by atoms with van der Waals surface area (Å²) in [7, 11) is 0. The second-order valence-electron chi connectivity index (χ2n) is 2.65. The SMILES string of the molecule is Nc1ncnc2c1C1=CN=NC1=N2. The van der Waals surface area contributed by atoms with Crippen LogP contribution < -0.4 is 5.73 Å². The summed E-state index contributed by atoms with van der Waals surface area (Å²) >= 11 is 0. The van der Waals surface area contributed by atoms with E-state index in [1.54, 1.807) is 6.20 Å². The first-order valence-electron chi connectivity index (χ1n) is 3.67. The van der Waals surface area contributed by atoms with Gasteiger partial charge in [-0.15, -0.1) is 5.11 Å². The highest BCUT2D eigenvalue weighted by atomic mass is 15.2. The molecule has 0 aromatic carbocycles. The molecule has 62 valence electrons. The Labute approximate surface area is 72.9 Å². The Bertz CT molecular complexity index is 484. The molecule has 1 aromatic heterocycles. The molecule has 6 nitrogen and oxygen atoms in total. The Morgan fingerprint density at radius 3 is 3.08 bits per heavy atom. The van der Waals surface area contributed by atoms with Crippen LogP contribution >= 0.6 is 0 Å². The molecule has 2 aliphatic rings. The molecule has 0 amide bonds. The number of rotatable bonds is 0. The van der Waals surface area contributed by atoms with Crippen LogP contribution in [-0.4, -0.2) is 15.8 Å². The summed E-state index contributed by atoms with van der Waals surface area (Å²) in [4.78, 5) is 12.0. The Morgan fingerprint density at radius 2 is 2.15 bits per heavy atom. The lowest BCUT2D eigenvalue weighted by Gasteiger charge is -1.98. The molecule has 0 radical (unpaired) electrons. The van der Waals surface area contributed by atoms with Gasteiger partial charge in [-0.05, 0) is 0 Å². The molecule has 3 rings (SSSR count). The third-order valence-corrected chi connectivity index (χ3v) is 1.92. The van der Waals surface area contributed by atoms with E-state index in [-0.39, 0.29) is 0 Å². The Kier molecular flexibility index (Phi) is 0.974. The number of hydrogen-bond acceptors (Lipinski definition) is 6. The highest BCUT2D eigenvalue weighted by molar-refractivity contribution is 6.29. The van der Waals surface area contributed by atoms with Crippen molar-refractivity contribution in [3.05, 3.63) is 18.1 Å². The van der Waals surface area contributed by atoms with Gasteiger partial charge in [-0.25, -0.2) is 15.0 Å². The summed E-state index contributed by atoms with van der Waals surface area (Å²) in [5.41, 5.74) is 7.23. The van der Waals surface area contributed by atoms with E-state index < -0.39 is 0 Å². The minimum absolute atomic E-state index is 0.419. The number of azo groups is 1. The molecule has 0 fully saturated rings. The van der Waals surface area contributed by atoms with Gasteiger partial charge in [0.1, 0.15) is 12.1 Å². The van der Waals surface area contributed by atoms with Gasteiger partial charge in [0.2, 0.25) is 0 Å². The average Bonchev–Trinajstić information content (AvgIpc) is 2.62. The number of amidine groups is 1. The summed E-state index contributed by atoms with van der Waals surface area (Å²) in [5.74, 6) is 1.57. The summed E-state index contributed by atoms with van der Waals surface area (Å²) in [6.07, 6.45) is 3.00. The van der Waals surface area contributed by atoms with Crippen LogP contribution in [0.15, 0.2) is 27.7 Å². The monoisotopic (exact) mass is 172 g/mol. The highest BCUT2D eigenvalue weighted by Gasteiger charge is 2.27. The molecule has 0 aliphatic carbocycles. The van der Waals surface area contributed by atoms with Gasteiger partial charge in [0.05, 0.1) is 17.3 Å². The van der Waals surface area contributed by atoms with Crippen LogP contribution in [0.25, 0.3) is 5.57 Å². The smallest absolute Gasteiger partial charge is 0.186 e. The summed E-state index contributed by atoms with van der Waals surface area (Å²) in [5, 5.41) is 7.54. The molecule has 0 saturated carbocycles. The van der Waals surface area contributed by atoms with Crippen LogP contribution in [0.5, 0.6) is 0 Å². The van der Waals surface area contributed by atoms with Gasteiger partial charge >= 0.3 is 0 Å². The quantitative estimate of drug-likeness (QED) is 0.630. The maximum absolute atomic E-state index is 5.68. The van der Waals surface area contributed by atoms with E-state index in [2.05, 4.69) is 25.2 Å². The van der Waals surface area contributed by atoms with Crippen LogP contribution in [0.4, 0.5) is 11.6 Å². The molecule has 3 heterocycles. The van der Waals surface area contributed by atoms with E-state index in [1.165, 1.54) is 6.33 Å². The fourth-order valence-corrected chi connectivity index (χ4v) is 1.34. The molecule has 6 heteroatoms. The average molecular weight is 172 g/mol. The minimum Gasteiger partial charge on any atom is -0.383 e. The van der Waals surface area contributed by atoms with Crippen LogP contribution in [0.2, 0.25) is 0 Å². The molecule has 0 saturated heterocycles. The van der Waals surface area contributed by atoms with Crippen molar-refractivity contribution in [1.82, 2.24) is 9.97 Å². The zero-order valence-electron chi connectivity index (χ0n) is 6.47. The second kappa shape index (κ2) is 1.98. The number of fused-ring (bicyclic) bond motifs is 3. The Balaban J connectivity index is 2.34. The van der Waals surface area contributed by atoms with Gasteiger partial charge in [0, 0.05) is 0 Å². The van der Waals surface area contributed by atoms with Crippen molar-refractivity contribution in [1.29, 1.82) is 0 Å². The van der Waals surface area contributed by atoms with Crippen molar-refractivity contribution in [2.75, 3.05) is 5.73 Å². The topological polar surface area (TPSA) is 88.9 Å². The van der Waals surface area contributed by atoms with Crippen LogP contribution in [0.1, 0.15) is 5.56 Å². The number of aromatic nitrogens is 2. The molecule has 0 atom stereocenters. The van der Waals surface area contributed by atoms with Gasteiger partial charge in [-0.2, -0.15) is 5.11 Å². The first kappa shape index (κ1) is 6.41. The predicted molar refractivity (Wildman–Crippen MR) is 46.4 cm³/mol. The first-order valence-corrected chi connectivity index (χ1v) is 3.67. The fourth-order valence-electron chi connectivity index (χ4n) is 1.34. The van der Waals surface area contributed by atoms with E-state index >= 15 is 0 Å². The fraction of sp³-hybridized carbons (Fsp3) is 0. The molecule has 2 aliphatic heterocycles. The van der Waals surface area contributed by atoms with Crippen LogP contribution in [-0.2, 0) is 0 Å². The van der Waals surface area contributed by atoms with E-state index in [9.17, 15) is 0 Å². The second-order valence-corrected chi connectivity index (χ2v) is 2.65. The van der Waals surface area contributed by atoms with Crippen molar-refractivity contribution in [2.24, 2.45) is 15.2 Å². The molecule has 13 heavy (non-hydrogen) atoms. The van der Waals surface area contributed by atoms with Gasteiger partial charge in [-0.1, -0.05) is 0 Å². The molecule has 0 unspecified atom stereocenters. The highest BCUT2D eigenvalue weighted by Crippen LogP contribution is 2.38. The lowest BCUT2D eigenvalue weighted by molar-refractivity contribution is 1.15. The van der Waals surface area contributed by atoms with Crippen LogP contribution in [0.3, 0.4) is 0 Å². The summed E-state index contributed by atoms with van der Waals surface area (Å²) in [6.45, 7) is 0. The number of aliphatic imine (C=N–C) groups is 1. The van der Waals surface area contributed by atoms with Gasteiger partial charge in [-0.3, -0.25) is 0 Å². The maximum atomic E-state index is 5.68. The zero-order chi connectivity index (χ0) is 8.84. The lowest BCUT2D eigenvalue weighted by atomic mass is 10.1. The minimum atomic E-state index is 0.419. The lowest BCUT2D eigenvalue weighted by Crippen LogP contribution is -1.97. The van der Waals surface area contributed by atoms with Gasteiger partial charge in [0.15, 0.2) is 11.7 Å². The predicted octanol–water partition coefficient (Wildman–Crippen LogP) is 0.909.